The molecule has 1 unspecified atom stereocenters. The number of likely N-dealkylation sites (tertiary alicyclic amines) is 1. The van der Waals surface area contributed by atoms with Crippen molar-refractivity contribution < 1.29 is 14.3 Å². The third kappa shape index (κ3) is 3.10. The zero-order valence-electron chi connectivity index (χ0n) is 13.9. The average molecular weight is 320 g/mol. The SMILES string of the molecule is CC(C)c1cc(C(=O)N2CCC(NC(=O)C3(C)COC3)C2)[nH]n1. The first-order valence-electron chi connectivity index (χ1n) is 8.12. The zero-order valence-corrected chi connectivity index (χ0v) is 13.9. The number of hydrogen-bond donors (Lipinski definition) is 2. The summed E-state index contributed by atoms with van der Waals surface area (Å²) < 4.78 is 5.13. The van der Waals surface area contributed by atoms with Gasteiger partial charge in [-0.3, -0.25) is 14.7 Å². The van der Waals surface area contributed by atoms with Crippen LogP contribution in [0.15, 0.2) is 6.07 Å². The van der Waals surface area contributed by atoms with Gasteiger partial charge in [0, 0.05) is 19.1 Å². The van der Waals surface area contributed by atoms with Crippen LogP contribution in [0.25, 0.3) is 0 Å². The molecule has 1 aromatic rings. The second-order valence-corrected chi connectivity index (χ2v) is 7.12. The standard InChI is InChI=1S/C16H24N4O3/c1-10(2)12-6-13(19-18-12)14(21)20-5-4-11(7-20)17-15(22)16(3)8-23-9-16/h6,10-11H,4-5,7-9H2,1-3H3,(H,17,22)(H,18,19). The van der Waals surface area contributed by atoms with E-state index in [1.165, 1.54) is 0 Å². The topological polar surface area (TPSA) is 87.3 Å². The van der Waals surface area contributed by atoms with Crippen molar-refractivity contribution in [2.24, 2.45) is 5.41 Å². The third-order valence-electron chi connectivity index (χ3n) is 4.62. The highest BCUT2D eigenvalue weighted by Gasteiger charge is 2.42. The molecule has 0 spiro atoms. The van der Waals surface area contributed by atoms with E-state index in [9.17, 15) is 9.59 Å². The van der Waals surface area contributed by atoms with E-state index in [-0.39, 0.29) is 23.8 Å². The number of rotatable bonds is 4. The number of carbonyl (C=O) groups is 2. The predicted molar refractivity (Wildman–Crippen MR) is 84.1 cm³/mol. The normalized spacial score (nSPS) is 23.0. The van der Waals surface area contributed by atoms with Crippen LogP contribution in [0.1, 0.15) is 49.3 Å². The largest absolute Gasteiger partial charge is 0.379 e. The Morgan fingerprint density at radius 3 is 2.78 bits per heavy atom. The maximum Gasteiger partial charge on any atom is 0.271 e. The van der Waals surface area contributed by atoms with E-state index in [1.54, 1.807) is 4.90 Å². The molecule has 2 saturated heterocycles. The van der Waals surface area contributed by atoms with Gasteiger partial charge in [0.2, 0.25) is 5.91 Å². The van der Waals surface area contributed by atoms with Crippen molar-refractivity contribution in [3.8, 4) is 0 Å². The molecule has 0 radical (unpaired) electrons. The number of H-pyrrole nitrogens is 1. The molecule has 7 heteroatoms. The molecule has 7 nitrogen and oxygen atoms in total. The molecule has 0 bridgehead atoms. The first kappa shape index (κ1) is 16.0. The summed E-state index contributed by atoms with van der Waals surface area (Å²) in [6.07, 6.45) is 0.777. The fraction of sp³-hybridized carbons (Fsp3) is 0.688. The highest BCUT2D eigenvalue weighted by molar-refractivity contribution is 5.92. The Balaban J connectivity index is 1.56. The van der Waals surface area contributed by atoms with Gasteiger partial charge in [-0.25, -0.2) is 0 Å². The van der Waals surface area contributed by atoms with Gasteiger partial charge in [0.1, 0.15) is 5.69 Å². The molecule has 2 fully saturated rings. The van der Waals surface area contributed by atoms with E-state index in [4.69, 9.17) is 4.74 Å². The minimum atomic E-state index is -0.410. The first-order chi connectivity index (χ1) is 10.9. The van der Waals surface area contributed by atoms with Gasteiger partial charge in [-0.05, 0) is 25.3 Å². The number of hydrogen-bond acceptors (Lipinski definition) is 4. The molecule has 2 aliphatic heterocycles. The smallest absolute Gasteiger partial charge is 0.271 e. The van der Waals surface area contributed by atoms with Crippen molar-refractivity contribution in [2.75, 3.05) is 26.3 Å². The van der Waals surface area contributed by atoms with E-state index in [1.807, 2.05) is 26.8 Å². The van der Waals surface area contributed by atoms with Crippen molar-refractivity contribution in [1.29, 1.82) is 0 Å². The number of nitrogens with one attached hydrogen (secondary N) is 2. The molecule has 2 aliphatic rings. The van der Waals surface area contributed by atoms with Crippen LogP contribution in [-0.2, 0) is 9.53 Å². The number of amides is 2. The van der Waals surface area contributed by atoms with Gasteiger partial charge in [0.25, 0.3) is 5.91 Å². The minimum Gasteiger partial charge on any atom is -0.379 e. The summed E-state index contributed by atoms with van der Waals surface area (Å²) in [4.78, 5) is 26.5. The minimum absolute atomic E-state index is 0.0105. The van der Waals surface area contributed by atoms with Gasteiger partial charge < -0.3 is 15.0 Å². The van der Waals surface area contributed by atoms with E-state index in [2.05, 4.69) is 15.5 Å². The van der Waals surface area contributed by atoms with Crippen LogP contribution >= 0.6 is 0 Å². The lowest BCUT2D eigenvalue weighted by atomic mass is 9.87. The first-order valence-corrected chi connectivity index (χ1v) is 8.12. The fourth-order valence-corrected chi connectivity index (χ4v) is 2.87. The second-order valence-electron chi connectivity index (χ2n) is 7.12. The molecule has 0 aliphatic carbocycles. The summed E-state index contributed by atoms with van der Waals surface area (Å²) in [5.74, 6) is 0.245. The van der Waals surface area contributed by atoms with Crippen molar-refractivity contribution >= 4 is 11.8 Å². The fourth-order valence-electron chi connectivity index (χ4n) is 2.87. The van der Waals surface area contributed by atoms with E-state index in [0.29, 0.717) is 32.0 Å². The summed E-state index contributed by atoms with van der Waals surface area (Å²) in [6, 6.07) is 1.82. The van der Waals surface area contributed by atoms with E-state index in [0.717, 1.165) is 12.1 Å². The lowest BCUT2D eigenvalue weighted by molar-refractivity contribution is -0.158. The van der Waals surface area contributed by atoms with Crippen LogP contribution in [0.5, 0.6) is 0 Å². The Hall–Kier alpha value is -1.89. The lowest BCUT2D eigenvalue weighted by Crippen LogP contribution is -2.54. The van der Waals surface area contributed by atoms with Gasteiger partial charge in [-0.2, -0.15) is 5.10 Å². The van der Waals surface area contributed by atoms with Crippen LogP contribution in [0.3, 0.4) is 0 Å². The number of aromatic amines is 1. The van der Waals surface area contributed by atoms with E-state index < -0.39 is 5.41 Å². The quantitative estimate of drug-likeness (QED) is 0.863. The molecular formula is C16H24N4O3. The maximum atomic E-state index is 12.5. The molecule has 3 heterocycles. The summed E-state index contributed by atoms with van der Waals surface area (Å²) >= 11 is 0. The molecular weight excluding hydrogens is 296 g/mol. The van der Waals surface area contributed by atoms with Gasteiger partial charge >= 0.3 is 0 Å². The molecule has 0 saturated carbocycles. The number of carbonyl (C=O) groups excluding carboxylic acids is 2. The van der Waals surface area contributed by atoms with Gasteiger partial charge in [-0.15, -0.1) is 0 Å². The summed E-state index contributed by atoms with van der Waals surface area (Å²) in [7, 11) is 0. The highest BCUT2D eigenvalue weighted by Crippen LogP contribution is 2.27. The molecule has 2 amide bonds. The number of aromatic nitrogens is 2. The van der Waals surface area contributed by atoms with Crippen molar-refractivity contribution in [3.63, 3.8) is 0 Å². The number of ether oxygens (including phenoxy) is 1. The molecule has 126 valence electrons. The highest BCUT2D eigenvalue weighted by atomic mass is 16.5. The molecule has 1 atom stereocenters. The summed E-state index contributed by atoms with van der Waals surface area (Å²) in [5, 5.41) is 10.0. The molecule has 23 heavy (non-hydrogen) atoms. The van der Waals surface area contributed by atoms with Crippen LogP contribution in [0.2, 0.25) is 0 Å². The van der Waals surface area contributed by atoms with Crippen LogP contribution in [-0.4, -0.2) is 59.3 Å². The zero-order chi connectivity index (χ0) is 16.6. The van der Waals surface area contributed by atoms with Crippen molar-refractivity contribution in [1.82, 2.24) is 20.4 Å². The van der Waals surface area contributed by atoms with Gasteiger partial charge in [-0.1, -0.05) is 13.8 Å². The Bertz CT molecular complexity index is 606. The Morgan fingerprint density at radius 2 is 2.22 bits per heavy atom. The Morgan fingerprint density at radius 1 is 1.48 bits per heavy atom. The Kier molecular flexibility index (Phi) is 4.14. The van der Waals surface area contributed by atoms with Gasteiger partial charge in [0.05, 0.1) is 24.3 Å². The van der Waals surface area contributed by atoms with Gasteiger partial charge in [0.15, 0.2) is 0 Å². The Labute approximate surface area is 135 Å². The third-order valence-corrected chi connectivity index (χ3v) is 4.62. The van der Waals surface area contributed by atoms with E-state index >= 15 is 0 Å². The summed E-state index contributed by atoms with van der Waals surface area (Å²) in [6.45, 7) is 8.11. The van der Waals surface area contributed by atoms with Crippen molar-refractivity contribution in [2.45, 2.75) is 39.2 Å². The molecule has 2 N–H and O–H groups in total. The van der Waals surface area contributed by atoms with Crippen molar-refractivity contribution in [3.05, 3.63) is 17.5 Å². The van der Waals surface area contributed by atoms with Crippen LogP contribution in [0, 0.1) is 5.41 Å². The average Bonchev–Trinajstić information content (AvgIpc) is 3.13. The molecule has 0 aromatic carbocycles. The number of nitrogens with zero attached hydrogens (tertiary/aromatic N) is 2. The summed E-state index contributed by atoms with van der Waals surface area (Å²) in [5.41, 5.74) is 0.989. The monoisotopic (exact) mass is 320 g/mol. The molecule has 1 aromatic heterocycles. The lowest BCUT2D eigenvalue weighted by Gasteiger charge is -2.37. The van der Waals surface area contributed by atoms with Crippen LogP contribution in [0.4, 0.5) is 0 Å². The van der Waals surface area contributed by atoms with Crippen LogP contribution < -0.4 is 5.32 Å². The second kappa shape index (κ2) is 5.96. The maximum absolute atomic E-state index is 12.5. The molecule has 3 rings (SSSR count). The predicted octanol–water partition coefficient (Wildman–Crippen LogP) is 0.900.